The largest absolute Gasteiger partial charge is 0.391 e. The van der Waals surface area contributed by atoms with E-state index in [1.54, 1.807) is 6.07 Å². The number of aliphatic hydroxyl groups is 1. The van der Waals surface area contributed by atoms with Crippen LogP contribution < -0.4 is 11.1 Å². The van der Waals surface area contributed by atoms with Crippen LogP contribution in [0.25, 0.3) is 0 Å². The Bertz CT molecular complexity index is 301. The summed E-state index contributed by atoms with van der Waals surface area (Å²) in [4.78, 5) is 8.05. The first kappa shape index (κ1) is 12.2. The van der Waals surface area contributed by atoms with E-state index in [2.05, 4.69) is 31.2 Å². The third-order valence-corrected chi connectivity index (χ3v) is 2.24. The van der Waals surface area contributed by atoms with Crippen molar-refractivity contribution in [1.29, 1.82) is 0 Å². The van der Waals surface area contributed by atoms with Gasteiger partial charge in [0.05, 0.1) is 6.10 Å². The van der Waals surface area contributed by atoms with E-state index >= 15 is 0 Å². The molecule has 0 aliphatic carbocycles. The lowest BCUT2D eigenvalue weighted by atomic mass is 10.2. The quantitative estimate of drug-likeness (QED) is 0.707. The maximum atomic E-state index is 9.49. The van der Waals surface area contributed by atoms with Crippen molar-refractivity contribution in [2.45, 2.75) is 25.9 Å². The Hall–Kier alpha value is -0.880. The maximum Gasteiger partial charge on any atom is 0.225 e. The number of nitrogens with zero attached hydrogens (tertiary/aromatic N) is 2. The average molecular weight is 275 g/mol. The van der Waals surface area contributed by atoms with Crippen LogP contribution in [0.4, 0.5) is 11.8 Å². The molecule has 1 unspecified atom stereocenters. The van der Waals surface area contributed by atoms with Gasteiger partial charge in [0.1, 0.15) is 10.4 Å². The van der Waals surface area contributed by atoms with E-state index in [9.17, 15) is 5.11 Å². The Morgan fingerprint density at radius 2 is 2.33 bits per heavy atom. The normalized spacial score (nSPS) is 12.5. The number of halogens is 1. The minimum absolute atomic E-state index is 0.376. The van der Waals surface area contributed by atoms with Crippen molar-refractivity contribution in [2.75, 3.05) is 17.6 Å². The van der Waals surface area contributed by atoms with Crippen molar-refractivity contribution in [2.24, 2.45) is 0 Å². The number of anilines is 2. The van der Waals surface area contributed by atoms with Crippen LogP contribution in [0, 0.1) is 0 Å². The zero-order chi connectivity index (χ0) is 11.3. The number of nitrogens with one attached hydrogen (secondary N) is 1. The van der Waals surface area contributed by atoms with Crippen LogP contribution in [0.2, 0.25) is 0 Å². The van der Waals surface area contributed by atoms with E-state index < -0.39 is 0 Å². The third-order valence-electron chi connectivity index (χ3n) is 1.83. The lowest BCUT2D eigenvalue weighted by Gasteiger charge is -2.10. The number of aromatic nitrogens is 2. The molecule has 0 saturated heterocycles. The molecular weight excluding hydrogens is 260 g/mol. The van der Waals surface area contributed by atoms with E-state index in [1.807, 2.05) is 6.92 Å². The second kappa shape index (κ2) is 5.87. The molecule has 84 valence electrons. The molecule has 4 N–H and O–H groups in total. The zero-order valence-electron chi connectivity index (χ0n) is 8.57. The monoisotopic (exact) mass is 274 g/mol. The first-order valence-corrected chi connectivity index (χ1v) is 5.63. The third kappa shape index (κ3) is 4.44. The molecule has 0 aliphatic rings. The Labute approximate surface area is 97.2 Å². The van der Waals surface area contributed by atoms with E-state index in [1.165, 1.54) is 0 Å². The fourth-order valence-corrected chi connectivity index (χ4v) is 1.56. The highest BCUT2D eigenvalue weighted by molar-refractivity contribution is 9.10. The van der Waals surface area contributed by atoms with Gasteiger partial charge in [0.2, 0.25) is 5.95 Å². The van der Waals surface area contributed by atoms with E-state index in [0.717, 1.165) is 12.8 Å². The van der Waals surface area contributed by atoms with Gasteiger partial charge in [-0.2, -0.15) is 4.98 Å². The molecular formula is C9H15BrN4O. The highest BCUT2D eigenvalue weighted by Gasteiger charge is 2.04. The molecule has 0 spiro atoms. The van der Waals surface area contributed by atoms with Gasteiger partial charge >= 0.3 is 0 Å². The number of hydrogen-bond donors (Lipinski definition) is 3. The summed E-state index contributed by atoms with van der Waals surface area (Å²) in [5.74, 6) is 0.821. The molecule has 0 radical (unpaired) electrons. The Balaban J connectivity index is 2.50. The van der Waals surface area contributed by atoms with Crippen molar-refractivity contribution in [3.8, 4) is 0 Å². The predicted octanol–water partition coefficient (Wildman–Crippen LogP) is 1.39. The molecule has 0 bridgehead atoms. The first-order chi connectivity index (χ1) is 7.11. The van der Waals surface area contributed by atoms with E-state index in [0.29, 0.717) is 22.9 Å². The van der Waals surface area contributed by atoms with Crippen molar-refractivity contribution in [3.63, 3.8) is 0 Å². The molecule has 1 rings (SSSR count). The van der Waals surface area contributed by atoms with Gasteiger partial charge in [0, 0.05) is 12.6 Å². The van der Waals surface area contributed by atoms with Gasteiger partial charge in [-0.25, -0.2) is 4.98 Å². The summed E-state index contributed by atoms with van der Waals surface area (Å²) in [6.07, 6.45) is 1.33. The Morgan fingerprint density at radius 1 is 1.60 bits per heavy atom. The van der Waals surface area contributed by atoms with Gasteiger partial charge in [0.25, 0.3) is 0 Å². The standard InChI is InChI=1S/C9H15BrN4O/c1-2-3-6(15)5-12-9-13-7(10)4-8(11)14-9/h4,6,15H,2-3,5H2,1H3,(H3,11,12,13,14). The van der Waals surface area contributed by atoms with Gasteiger partial charge in [0.15, 0.2) is 0 Å². The lowest BCUT2D eigenvalue weighted by molar-refractivity contribution is 0.176. The van der Waals surface area contributed by atoms with Crippen LogP contribution in [0.3, 0.4) is 0 Å². The highest BCUT2D eigenvalue weighted by Crippen LogP contribution is 2.12. The molecule has 0 saturated carbocycles. The summed E-state index contributed by atoms with van der Waals surface area (Å²) in [6, 6.07) is 1.62. The molecule has 0 aromatic carbocycles. The molecule has 5 nitrogen and oxygen atoms in total. The van der Waals surface area contributed by atoms with Gasteiger partial charge in [-0.05, 0) is 22.4 Å². The van der Waals surface area contributed by atoms with Crippen molar-refractivity contribution in [3.05, 3.63) is 10.7 Å². The number of aliphatic hydroxyl groups excluding tert-OH is 1. The highest BCUT2D eigenvalue weighted by atomic mass is 79.9. The Kier molecular flexibility index (Phi) is 4.77. The van der Waals surface area contributed by atoms with Crippen LogP contribution in [0.5, 0.6) is 0 Å². The number of hydrogen-bond acceptors (Lipinski definition) is 5. The van der Waals surface area contributed by atoms with Crippen molar-refractivity contribution < 1.29 is 5.11 Å². The molecule has 1 aromatic heterocycles. The maximum absolute atomic E-state index is 9.49. The summed E-state index contributed by atoms with van der Waals surface area (Å²) in [5.41, 5.74) is 5.54. The fraction of sp³-hybridized carbons (Fsp3) is 0.556. The predicted molar refractivity (Wildman–Crippen MR) is 63.5 cm³/mol. The van der Waals surface area contributed by atoms with Crippen LogP contribution in [-0.4, -0.2) is 27.7 Å². The summed E-state index contributed by atoms with van der Waals surface area (Å²) in [6.45, 7) is 2.46. The van der Waals surface area contributed by atoms with Crippen LogP contribution in [0.15, 0.2) is 10.7 Å². The van der Waals surface area contributed by atoms with Crippen LogP contribution in [-0.2, 0) is 0 Å². The number of nitrogen functional groups attached to an aromatic ring is 1. The summed E-state index contributed by atoms with van der Waals surface area (Å²) < 4.78 is 0.627. The molecule has 0 amide bonds. The summed E-state index contributed by atoms with van der Waals surface area (Å²) in [7, 11) is 0. The van der Waals surface area contributed by atoms with Gasteiger partial charge in [-0.15, -0.1) is 0 Å². The first-order valence-electron chi connectivity index (χ1n) is 4.83. The minimum Gasteiger partial charge on any atom is -0.391 e. The Morgan fingerprint density at radius 3 is 2.93 bits per heavy atom. The molecule has 1 atom stereocenters. The number of rotatable bonds is 5. The van der Waals surface area contributed by atoms with Crippen LogP contribution in [0.1, 0.15) is 19.8 Å². The zero-order valence-corrected chi connectivity index (χ0v) is 10.2. The van der Waals surface area contributed by atoms with Crippen LogP contribution >= 0.6 is 15.9 Å². The molecule has 1 heterocycles. The van der Waals surface area contributed by atoms with Gasteiger partial charge in [-0.3, -0.25) is 0 Å². The average Bonchev–Trinajstić information content (AvgIpc) is 2.14. The lowest BCUT2D eigenvalue weighted by Crippen LogP contribution is -2.20. The molecule has 15 heavy (non-hydrogen) atoms. The second-order valence-electron chi connectivity index (χ2n) is 3.26. The van der Waals surface area contributed by atoms with Crippen molar-refractivity contribution >= 4 is 27.7 Å². The van der Waals surface area contributed by atoms with E-state index in [-0.39, 0.29) is 6.10 Å². The van der Waals surface area contributed by atoms with Gasteiger partial charge in [-0.1, -0.05) is 13.3 Å². The van der Waals surface area contributed by atoms with E-state index in [4.69, 9.17) is 5.73 Å². The fourth-order valence-electron chi connectivity index (χ4n) is 1.16. The van der Waals surface area contributed by atoms with Gasteiger partial charge < -0.3 is 16.2 Å². The summed E-state index contributed by atoms with van der Waals surface area (Å²) >= 11 is 3.22. The molecule has 0 fully saturated rings. The number of nitrogens with two attached hydrogens (primary N) is 1. The SMILES string of the molecule is CCCC(O)CNc1nc(N)cc(Br)n1. The molecule has 0 aliphatic heterocycles. The molecule has 6 heteroatoms. The summed E-state index contributed by atoms with van der Waals surface area (Å²) in [5, 5.41) is 12.4. The second-order valence-corrected chi connectivity index (χ2v) is 4.08. The minimum atomic E-state index is -0.376. The smallest absolute Gasteiger partial charge is 0.225 e. The molecule has 1 aromatic rings. The topological polar surface area (TPSA) is 84.1 Å². The van der Waals surface area contributed by atoms with Crippen molar-refractivity contribution in [1.82, 2.24) is 9.97 Å².